The Morgan fingerprint density at radius 3 is 2.30 bits per heavy atom. The van der Waals surface area contributed by atoms with Crippen molar-refractivity contribution in [1.82, 2.24) is 10.4 Å². The van der Waals surface area contributed by atoms with Gasteiger partial charge in [-0.3, -0.25) is 25.1 Å². The van der Waals surface area contributed by atoms with Gasteiger partial charge in [0, 0.05) is 17.7 Å². The number of non-ortho nitro benzene ring substituents is 1. The van der Waals surface area contributed by atoms with E-state index in [1.807, 2.05) is 37.3 Å². The van der Waals surface area contributed by atoms with Crippen LogP contribution >= 0.6 is 0 Å². The smallest absolute Gasteiger partial charge is 0.297 e. The standard InChI is InChI=1S/C28H26N4O5/c1-4-37-23-16-12-21(13-17-23)28(2,3)27(34)30-31-25(20-8-6-5-7-9-20)29-24(26(31)33)18-19-10-14-22(15-11-19)32(35)36/h5-18H,4H2,1-3H3,(H,30,34). The summed E-state index contributed by atoms with van der Waals surface area (Å²) in [5.74, 6) is 0.0598. The predicted molar refractivity (Wildman–Crippen MR) is 140 cm³/mol. The van der Waals surface area contributed by atoms with Gasteiger partial charge in [-0.05, 0) is 62.2 Å². The highest BCUT2D eigenvalue weighted by Gasteiger charge is 2.37. The van der Waals surface area contributed by atoms with Crippen molar-refractivity contribution >= 4 is 29.4 Å². The van der Waals surface area contributed by atoms with Gasteiger partial charge in [-0.15, -0.1) is 0 Å². The zero-order valence-corrected chi connectivity index (χ0v) is 20.7. The minimum absolute atomic E-state index is 0.0567. The molecule has 0 bridgehead atoms. The molecule has 0 unspecified atom stereocenters. The predicted octanol–water partition coefficient (Wildman–Crippen LogP) is 4.63. The first-order chi connectivity index (χ1) is 17.7. The topological polar surface area (TPSA) is 114 Å². The van der Waals surface area contributed by atoms with Gasteiger partial charge in [0.2, 0.25) is 5.91 Å². The van der Waals surface area contributed by atoms with Crippen LogP contribution in [-0.4, -0.2) is 34.2 Å². The molecule has 3 aromatic carbocycles. The van der Waals surface area contributed by atoms with Crippen molar-refractivity contribution in [2.75, 3.05) is 6.61 Å². The number of carbonyl (C=O) groups excluding carboxylic acids is 2. The van der Waals surface area contributed by atoms with E-state index in [1.54, 1.807) is 38.1 Å². The molecule has 37 heavy (non-hydrogen) atoms. The molecule has 0 fully saturated rings. The van der Waals surface area contributed by atoms with Crippen LogP contribution in [-0.2, 0) is 15.0 Å². The van der Waals surface area contributed by atoms with Gasteiger partial charge >= 0.3 is 0 Å². The van der Waals surface area contributed by atoms with E-state index < -0.39 is 22.2 Å². The van der Waals surface area contributed by atoms with E-state index >= 15 is 0 Å². The number of hydrogen-bond acceptors (Lipinski definition) is 6. The average Bonchev–Trinajstić information content (AvgIpc) is 3.20. The van der Waals surface area contributed by atoms with E-state index in [1.165, 1.54) is 30.3 Å². The Kier molecular flexibility index (Phi) is 7.15. The van der Waals surface area contributed by atoms with Crippen LogP contribution in [0.1, 0.15) is 37.5 Å². The Balaban J connectivity index is 1.63. The number of benzene rings is 3. The van der Waals surface area contributed by atoms with Crippen LogP contribution in [0, 0.1) is 10.1 Å². The normalized spacial score (nSPS) is 14.5. The van der Waals surface area contributed by atoms with E-state index in [2.05, 4.69) is 10.4 Å². The highest BCUT2D eigenvalue weighted by Crippen LogP contribution is 2.27. The van der Waals surface area contributed by atoms with E-state index in [0.29, 0.717) is 23.5 Å². The summed E-state index contributed by atoms with van der Waals surface area (Å²) in [6.07, 6.45) is 1.53. The number of hydrogen-bond donors (Lipinski definition) is 1. The molecule has 1 aliphatic rings. The third kappa shape index (κ3) is 5.40. The molecule has 9 heteroatoms. The van der Waals surface area contributed by atoms with E-state index in [-0.39, 0.29) is 17.2 Å². The Labute approximate surface area is 214 Å². The Bertz CT molecular complexity index is 1380. The third-order valence-electron chi connectivity index (χ3n) is 5.97. The zero-order chi connectivity index (χ0) is 26.6. The van der Waals surface area contributed by atoms with Gasteiger partial charge in [-0.2, -0.15) is 5.01 Å². The maximum absolute atomic E-state index is 13.4. The molecule has 0 spiro atoms. The Morgan fingerprint density at radius 1 is 1.05 bits per heavy atom. The summed E-state index contributed by atoms with van der Waals surface area (Å²) >= 11 is 0. The summed E-state index contributed by atoms with van der Waals surface area (Å²) in [6.45, 7) is 5.98. The van der Waals surface area contributed by atoms with Crippen LogP contribution in [0.4, 0.5) is 5.69 Å². The number of amidine groups is 1. The number of nitro benzene ring substituents is 1. The van der Waals surface area contributed by atoms with E-state index in [0.717, 1.165) is 10.6 Å². The largest absolute Gasteiger partial charge is 0.494 e. The summed E-state index contributed by atoms with van der Waals surface area (Å²) in [6, 6.07) is 22.1. The molecule has 1 aliphatic heterocycles. The molecule has 188 valence electrons. The first-order valence-corrected chi connectivity index (χ1v) is 11.7. The molecule has 0 saturated heterocycles. The van der Waals surface area contributed by atoms with Gasteiger partial charge in [0.15, 0.2) is 5.84 Å². The van der Waals surface area contributed by atoms with Gasteiger partial charge in [0.25, 0.3) is 11.6 Å². The maximum Gasteiger partial charge on any atom is 0.297 e. The minimum atomic E-state index is -0.975. The monoisotopic (exact) mass is 498 g/mol. The SMILES string of the molecule is CCOc1ccc(C(C)(C)C(=O)NN2C(=O)C(=Cc3ccc([N+](=O)[O-])cc3)N=C2c2ccccc2)cc1. The molecule has 0 aromatic heterocycles. The fourth-order valence-electron chi connectivity index (χ4n) is 3.76. The molecule has 3 aromatic rings. The summed E-state index contributed by atoms with van der Waals surface area (Å²) < 4.78 is 5.49. The molecule has 2 amide bonds. The second-order valence-electron chi connectivity index (χ2n) is 8.84. The second-order valence-corrected chi connectivity index (χ2v) is 8.84. The van der Waals surface area contributed by atoms with Gasteiger partial charge < -0.3 is 4.74 Å². The quantitative estimate of drug-likeness (QED) is 0.276. The van der Waals surface area contributed by atoms with Crippen molar-refractivity contribution in [3.8, 4) is 5.75 Å². The summed E-state index contributed by atoms with van der Waals surface area (Å²) in [4.78, 5) is 41.8. The van der Waals surface area contributed by atoms with Gasteiger partial charge in [0.1, 0.15) is 11.4 Å². The zero-order valence-electron chi connectivity index (χ0n) is 20.7. The number of carbonyl (C=O) groups is 2. The number of rotatable bonds is 8. The lowest BCUT2D eigenvalue weighted by molar-refractivity contribution is -0.384. The minimum Gasteiger partial charge on any atom is -0.494 e. The summed E-state index contributed by atoms with van der Waals surface area (Å²) in [5, 5.41) is 12.1. The fraction of sp³-hybridized carbons (Fsp3) is 0.179. The summed E-state index contributed by atoms with van der Waals surface area (Å²) in [5.41, 5.74) is 3.76. The van der Waals surface area contributed by atoms with Crippen molar-refractivity contribution < 1.29 is 19.2 Å². The lowest BCUT2D eigenvalue weighted by atomic mass is 9.84. The van der Waals surface area contributed by atoms with Crippen LogP contribution in [0.2, 0.25) is 0 Å². The highest BCUT2D eigenvalue weighted by atomic mass is 16.6. The number of aliphatic imine (C=N–C) groups is 1. The number of hydrazine groups is 1. The van der Waals surface area contributed by atoms with Gasteiger partial charge in [-0.25, -0.2) is 4.99 Å². The highest BCUT2D eigenvalue weighted by molar-refractivity contribution is 6.20. The van der Waals surface area contributed by atoms with Gasteiger partial charge in [0.05, 0.1) is 16.9 Å². The number of amides is 2. The van der Waals surface area contributed by atoms with Crippen molar-refractivity contribution in [2.24, 2.45) is 4.99 Å². The van der Waals surface area contributed by atoms with Crippen LogP contribution in [0.3, 0.4) is 0 Å². The lowest BCUT2D eigenvalue weighted by Crippen LogP contribution is -2.52. The van der Waals surface area contributed by atoms with E-state index in [4.69, 9.17) is 4.74 Å². The second kappa shape index (κ2) is 10.4. The molecular formula is C28H26N4O5. The molecule has 1 N–H and O–H groups in total. The molecule has 0 aliphatic carbocycles. The fourth-order valence-corrected chi connectivity index (χ4v) is 3.76. The number of ether oxygens (including phenoxy) is 1. The van der Waals surface area contributed by atoms with Crippen LogP contribution in [0.5, 0.6) is 5.75 Å². The van der Waals surface area contributed by atoms with Gasteiger partial charge in [-0.1, -0.05) is 42.5 Å². The number of nitrogens with zero attached hydrogens (tertiary/aromatic N) is 3. The third-order valence-corrected chi connectivity index (χ3v) is 5.97. The average molecular weight is 499 g/mol. The molecule has 9 nitrogen and oxygen atoms in total. The first-order valence-electron chi connectivity index (χ1n) is 11.7. The molecule has 0 saturated carbocycles. The molecule has 0 radical (unpaired) electrons. The van der Waals surface area contributed by atoms with Crippen molar-refractivity contribution in [1.29, 1.82) is 0 Å². The van der Waals surface area contributed by atoms with Crippen molar-refractivity contribution in [3.05, 3.63) is 111 Å². The summed E-state index contributed by atoms with van der Waals surface area (Å²) in [7, 11) is 0. The van der Waals surface area contributed by atoms with Crippen molar-refractivity contribution in [3.63, 3.8) is 0 Å². The molecular weight excluding hydrogens is 472 g/mol. The molecule has 4 rings (SSSR count). The van der Waals surface area contributed by atoms with Crippen LogP contribution in [0.15, 0.2) is 89.6 Å². The molecule has 1 heterocycles. The Hall–Kier alpha value is -4.79. The number of nitrogens with one attached hydrogen (secondary N) is 1. The number of nitro groups is 1. The Morgan fingerprint density at radius 2 is 1.70 bits per heavy atom. The van der Waals surface area contributed by atoms with Crippen LogP contribution < -0.4 is 10.2 Å². The van der Waals surface area contributed by atoms with Crippen molar-refractivity contribution in [2.45, 2.75) is 26.2 Å². The molecule has 0 atom stereocenters. The maximum atomic E-state index is 13.4. The van der Waals surface area contributed by atoms with E-state index in [9.17, 15) is 19.7 Å². The first kappa shape index (κ1) is 25.3. The lowest BCUT2D eigenvalue weighted by Gasteiger charge is -2.28. The van der Waals surface area contributed by atoms with Crippen LogP contribution in [0.25, 0.3) is 6.08 Å².